The third-order valence-corrected chi connectivity index (χ3v) is 5.78. The van der Waals surface area contributed by atoms with Crippen LogP contribution in [-0.2, 0) is 17.8 Å². The zero-order valence-corrected chi connectivity index (χ0v) is 16.0. The van der Waals surface area contributed by atoms with Crippen LogP contribution in [0.5, 0.6) is 0 Å². The first-order valence-corrected chi connectivity index (χ1v) is 9.94. The Morgan fingerprint density at radius 2 is 1.66 bits per heavy atom. The van der Waals surface area contributed by atoms with Crippen LogP contribution in [0.15, 0.2) is 60.7 Å². The van der Waals surface area contributed by atoms with Crippen molar-refractivity contribution < 1.29 is 9.59 Å². The Bertz CT molecular complexity index is 1090. The van der Waals surface area contributed by atoms with Crippen LogP contribution in [0.1, 0.15) is 46.1 Å². The highest BCUT2D eigenvalue weighted by Gasteiger charge is 2.36. The number of nitrogens with two attached hydrogens (primary N) is 1. The maximum atomic E-state index is 13.6. The van der Waals surface area contributed by atoms with E-state index in [-0.39, 0.29) is 5.91 Å². The maximum Gasteiger partial charge on any atom is 0.273 e. The summed E-state index contributed by atoms with van der Waals surface area (Å²) < 4.78 is 1.70. The molecule has 0 bridgehead atoms. The standard InChI is InChI=1S/C23H22N4O2/c24-22(28)20-12-16-6-4-5-7-17(16)14-26(20)23(29)21-13-19(15-10-11-15)25-27(21)18-8-2-1-3-9-18/h1-9,13,15,20H,10-12,14H2,(H2,24,28)/t20-/m1/s1. The molecule has 0 radical (unpaired) electrons. The Labute approximate surface area is 168 Å². The molecule has 0 saturated heterocycles. The number of hydrogen-bond donors (Lipinski definition) is 1. The minimum Gasteiger partial charge on any atom is -0.368 e. The molecule has 0 unspecified atom stereocenters. The van der Waals surface area contributed by atoms with E-state index in [9.17, 15) is 9.59 Å². The van der Waals surface area contributed by atoms with Crippen molar-refractivity contribution in [2.45, 2.75) is 37.8 Å². The fraction of sp³-hybridized carbons (Fsp3) is 0.261. The van der Waals surface area contributed by atoms with Gasteiger partial charge in [-0.15, -0.1) is 0 Å². The molecule has 0 spiro atoms. The minimum absolute atomic E-state index is 0.216. The average molecular weight is 386 g/mol. The van der Waals surface area contributed by atoms with Gasteiger partial charge < -0.3 is 10.6 Å². The first-order valence-electron chi connectivity index (χ1n) is 9.94. The molecule has 29 heavy (non-hydrogen) atoms. The predicted molar refractivity (Wildman–Crippen MR) is 109 cm³/mol. The lowest BCUT2D eigenvalue weighted by Crippen LogP contribution is -2.51. The average Bonchev–Trinajstić information content (AvgIpc) is 3.51. The van der Waals surface area contributed by atoms with E-state index in [4.69, 9.17) is 10.8 Å². The smallest absolute Gasteiger partial charge is 0.273 e. The van der Waals surface area contributed by atoms with Crippen LogP contribution in [0, 0.1) is 0 Å². The number of primary amides is 1. The summed E-state index contributed by atoms with van der Waals surface area (Å²) >= 11 is 0. The first-order chi connectivity index (χ1) is 14.1. The lowest BCUT2D eigenvalue weighted by atomic mass is 9.93. The fourth-order valence-electron chi connectivity index (χ4n) is 4.03. The topological polar surface area (TPSA) is 81.2 Å². The van der Waals surface area contributed by atoms with Crippen LogP contribution in [0.2, 0.25) is 0 Å². The summed E-state index contributed by atoms with van der Waals surface area (Å²) in [5.41, 5.74) is 10.0. The summed E-state index contributed by atoms with van der Waals surface area (Å²) in [4.78, 5) is 27.4. The van der Waals surface area contributed by atoms with Gasteiger partial charge in [0.1, 0.15) is 11.7 Å². The molecule has 1 atom stereocenters. The van der Waals surface area contributed by atoms with Crippen molar-refractivity contribution in [3.63, 3.8) is 0 Å². The summed E-state index contributed by atoms with van der Waals surface area (Å²) in [6, 6.07) is 18.7. The van der Waals surface area contributed by atoms with Crippen molar-refractivity contribution in [1.29, 1.82) is 0 Å². The van der Waals surface area contributed by atoms with Gasteiger partial charge in [-0.1, -0.05) is 42.5 Å². The van der Waals surface area contributed by atoms with Gasteiger partial charge in [-0.3, -0.25) is 9.59 Å². The number of carbonyl (C=O) groups is 2. The second-order valence-corrected chi connectivity index (χ2v) is 7.80. The molecular weight excluding hydrogens is 364 g/mol. The van der Waals surface area contributed by atoms with Crippen molar-refractivity contribution in [2.75, 3.05) is 0 Å². The van der Waals surface area contributed by atoms with Crippen LogP contribution < -0.4 is 5.73 Å². The number of carbonyl (C=O) groups excluding carboxylic acids is 2. The number of hydrogen-bond acceptors (Lipinski definition) is 3. The van der Waals surface area contributed by atoms with Crippen LogP contribution in [-0.4, -0.2) is 32.5 Å². The van der Waals surface area contributed by atoms with Gasteiger partial charge in [0.15, 0.2) is 0 Å². The molecule has 6 nitrogen and oxygen atoms in total. The highest BCUT2D eigenvalue weighted by Crippen LogP contribution is 2.40. The Hall–Kier alpha value is -3.41. The Balaban J connectivity index is 1.57. The molecule has 1 saturated carbocycles. The van der Waals surface area contributed by atoms with Gasteiger partial charge in [-0.05, 0) is 42.2 Å². The third kappa shape index (κ3) is 3.20. The zero-order valence-electron chi connectivity index (χ0n) is 16.0. The van der Waals surface area contributed by atoms with Crippen LogP contribution >= 0.6 is 0 Å². The van der Waals surface area contributed by atoms with Crippen molar-refractivity contribution in [3.8, 4) is 5.69 Å². The van der Waals surface area contributed by atoms with E-state index >= 15 is 0 Å². The Morgan fingerprint density at radius 1 is 0.966 bits per heavy atom. The SMILES string of the molecule is NC(=O)[C@H]1Cc2ccccc2CN1C(=O)c1cc(C2CC2)nn1-c1ccccc1. The first kappa shape index (κ1) is 17.7. The summed E-state index contributed by atoms with van der Waals surface area (Å²) in [6.45, 7) is 0.362. The molecule has 1 aromatic heterocycles. The quantitative estimate of drug-likeness (QED) is 0.749. The zero-order chi connectivity index (χ0) is 20.0. The molecule has 1 aliphatic heterocycles. The second kappa shape index (κ2) is 6.88. The highest BCUT2D eigenvalue weighted by molar-refractivity contribution is 5.97. The van der Waals surface area contributed by atoms with E-state index in [1.807, 2.05) is 60.7 Å². The van der Waals surface area contributed by atoms with Crippen LogP contribution in [0.4, 0.5) is 0 Å². The summed E-state index contributed by atoms with van der Waals surface area (Å²) in [5, 5.41) is 4.73. The van der Waals surface area contributed by atoms with E-state index in [0.29, 0.717) is 24.6 Å². The molecule has 5 rings (SSSR count). The second-order valence-electron chi connectivity index (χ2n) is 7.80. The van der Waals surface area contributed by atoms with Gasteiger partial charge >= 0.3 is 0 Å². The van der Waals surface area contributed by atoms with Crippen LogP contribution in [0.25, 0.3) is 5.69 Å². The van der Waals surface area contributed by atoms with Gasteiger partial charge in [0.25, 0.3) is 5.91 Å². The van der Waals surface area contributed by atoms with E-state index in [1.54, 1.807) is 9.58 Å². The third-order valence-electron chi connectivity index (χ3n) is 5.78. The van der Waals surface area contributed by atoms with Gasteiger partial charge in [0, 0.05) is 18.9 Å². The minimum atomic E-state index is -0.666. The lowest BCUT2D eigenvalue weighted by Gasteiger charge is -2.35. The number of para-hydroxylation sites is 1. The number of benzene rings is 2. The molecule has 2 aliphatic rings. The largest absolute Gasteiger partial charge is 0.368 e. The molecule has 2 N–H and O–H groups in total. The molecule has 2 amide bonds. The fourth-order valence-corrected chi connectivity index (χ4v) is 4.03. The molecule has 146 valence electrons. The predicted octanol–water partition coefficient (Wildman–Crippen LogP) is 2.80. The van der Waals surface area contributed by atoms with Crippen molar-refractivity contribution >= 4 is 11.8 Å². The summed E-state index contributed by atoms with van der Waals surface area (Å²) in [6.07, 6.45) is 2.63. The Morgan fingerprint density at radius 3 is 2.34 bits per heavy atom. The Kier molecular flexibility index (Phi) is 4.19. The van der Waals surface area contributed by atoms with E-state index < -0.39 is 11.9 Å². The lowest BCUT2D eigenvalue weighted by molar-refractivity contribution is -0.122. The van der Waals surface area contributed by atoms with E-state index in [1.165, 1.54) is 0 Å². The monoisotopic (exact) mass is 386 g/mol. The number of nitrogens with zero attached hydrogens (tertiary/aromatic N) is 3. The van der Waals surface area contributed by atoms with E-state index in [2.05, 4.69) is 0 Å². The molecule has 2 aromatic carbocycles. The van der Waals surface area contributed by atoms with Gasteiger partial charge in [0.05, 0.1) is 11.4 Å². The van der Waals surface area contributed by atoms with Gasteiger partial charge in [0.2, 0.25) is 5.91 Å². The molecule has 3 aromatic rings. The summed E-state index contributed by atoms with van der Waals surface area (Å²) in [5.74, 6) is -0.284. The van der Waals surface area contributed by atoms with Crippen molar-refractivity contribution in [2.24, 2.45) is 5.73 Å². The van der Waals surface area contributed by atoms with Gasteiger partial charge in [-0.2, -0.15) is 5.10 Å². The summed E-state index contributed by atoms with van der Waals surface area (Å²) in [7, 11) is 0. The van der Waals surface area contributed by atoms with Crippen molar-refractivity contribution in [3.05, 3.63) is 83.2 Å². The maximum absolute atomic E-state index is 13.6. The molecule has 1 fully saturated rings. The molecule has 6 heteroatoms. The normalized spacial score (nSPS) is 18.3. The number of fused-ring (bicyclic) bond motifs is 1. The molecule has 1 aliphatic carbocycles. The number of amides is 2. The van der Waals surface area contributed by atoms with Crippen molar-refractivity contribution in [1.82, 2.24) is 14.7 Å². The number of aromatic nitrogens is 2. The van der Waals surface area contributed by atoms with E-state index in [0.717, 1.165) is 35.3 Å². The molecule has 2 heterocycles. The van der Waals surface area contributed by atoms with Gasteiger partial charge in [-0.25, -0.2) is 4.68 Å². The van der Waals surface area contributed by atoms with Crippen LogP contribution in [0.3, 0.4) is 0 Å². The molecular formula is C23H22N4O2. The number of rotatable bonds is 4. The highest BCUT2D eigenvalue weighted by atomic mass is 16.2.